The lowest BCUT2D eigenvalue weighted by Gasteiger charge is -2.43. The zero-order valence-corrected chi connectivity index (χ0v) is 13.9. The highest BCUT2D eigenvalue weighted by molar-refractivity contribution is 4.86. The van der Waals surface area contributed by atoms with Crippen LogP contribution in [0.25, 0.3) is 0 Å². The van der Waals surface area contributed by atoms with Crippen LogP contribution in [0.1, 0.15) is 26.7 Å². The summed E-state index contributed by atoms with van der Waals surface area (Å²) >= 11 is 0. The molecular weight excluding hydrogens is 292 g/mol. The van der Waals surface area contributed by atoms with Gasteiger partial charge in [-0.1, -0.05) is 0 Å². The Morgan fingerprint density at radius 2 is 1.41 bits per heavy atom. The smallest absolute Gasteiger partial charge is 0.161 e. The van der Waals surface area contributed by atoms with Crippen LogP contribution in [0.5, 0.6) is 0 Å². The SMILES string of the molecule is COC1C[C@H](OC)O[C@@H](C)[C@@H]1O[C@H]1C[C@H](OC)[C@@H](O)[C@H](C)O1. The first kappa shape index (κ1) is 18.1. The van der Waals surface area contributed by atoms with Gasteiger partial charge in [-0.25, -0.2) is 0 Å². The molecule has 0 aliphatic carbocycles. The molecule has 22 heavy (non-hydrogen) atoms. The number of aliphatic hydroxyl groups excluding tert-OH is 1. The number of hydrogen-bond acceptors (Lipinski definition) is 7. The minimum Gasteiger partial charge on any atom is -0.388 e. The fourth-order valence-corrected chi connectivity index (χ4v) is 3.08. The van der Waals surface area contributed by atoms with E-state index >= 15 is 0 Å². The van der Waals surface area contributed by atoms with Crippen molar-refractivity contribution in [1.82, 2.24) is 0 Å². The number of rotatable bonds is 5. The maximum absolute atomic E-state index is 10.0. The van der Waals surface area contributed by atoms with E-state index in [9.17, 15) is 5.11 Å². The van der Waals surface area contributed by atoms with Gasteiger partial charge in [0.05, 0.1) is 24.4 Å². The van der Waals surface area contributed by atoms with Crippen molar-refractivity contribution in [3.05, 3.63) is 0 Å². The van der Waals surface area contributed by atoms with E-state index in [0.29, 0.717) is 12.8 Å². The molecule has 2 rings (SSSR count). The number of ether oxygens (including phenoxy) is 6. The van der Waals surface area contributed by atoms with Crippen LogP contribution in [0, 0.1) is 0 Å². The van der Waals surface area contributed by atoms with E-state index in [4.69, 9.17) is 28.4 Å². The molecule has 0 spiro atoms. The molecule has 2 fully saturated rings. The summed E-state index contributed by atoms with van der Waals surface area (Å²) in [6.07, 6.45) is -1.58. The van der Waals surface area contributed by atoms with Gasteiger partial charge in [0.2, 0.25) is 0 Å². The lowest BCUT2D eigenvalue weighted by molar-refractivity contribution is -0.312. The zero-order chi connectivity index (χ0) is 16.3. The van der Waals surface area contributed by atoms with Crippen LogP contribution in [-0.2, 0) is 28.4 Å². The Balaban J connectivity index is 1.99. The standard InChI is InChI=1S/C15H28O7/c1-8-14(16)10(17-3)6-13(20-8)22-15-9(2)21-12(19-5)7-11(15)18-4/h8-16H,6-7H2,1-5H3/t8-,9-,10-,11?,12+,13-,14-,15-/m0/s1. The van der Waals surface area contributed by atoms with Gasteiger partial charge in [-0.3, -0.25) is 0 Å². The summed E-state index contributed by atoms with van der Waals surface area (Å²) in [4.78, 5) is 0. The second-order valence-electron chi connectivity index (χ2n) is 5.89. The Kier molecular flexibility index (Phi) is 6.58. The van der Waals surface area contributed by atoms with Crippen molar-refractivity contribution in [2.24, 2.45) is 0 Å². The third-order valence-corrected chi connectivity index (χ3v) is 4.45. The maximum Gasteiger partial charge on any atom is 0.161 e. The van der Waals surface area contributed by atoms with Crippen LogP contribution in [0.15, 0.2) is 0 Å². The lowest BCUT2D eigenvalue weighted by atomic mass is 10.00. The van der Waals surface area contributed by atoms with E-state index in [1.807, 2.05) is 13.8 Å². The molecule has 2 aliphatic rings. The van der Waals surface area contributed by atoms with Crippen LogP contribution >= 0.6 is 0 Å². The summed E-state index contributed by atoms with van der Waals surface area (Å²) in [5.74, 6) is 0. The van der Waals surface area contributed by atoms with Gasteiger partial charge in [0.25, 0.3) is 0 Å². The van der Waals surface area contributed by atoms with Crippen molar-refractivity contribution in [3.8, 4) is 0 Å². The predicted molar refractivity (Wildman–Crippen MR) is 77.4 cm³/mol. The maximum atomic E-state index is 10.0. The highest BCUT2D eigenvalue weighted by atomic mass is 16.7. The minimum atomic E-state index is -0.652. The van der Waals surface area contributed by atoms with Gasteiger partial charge in [-0.2, -0.15) is 0 Å². The molecule has 0 radical (unpaired) electrons. The Hall–Kier alpha value is -0.280. The molecule has 130 valence electrons. The Labute approximate surface area is 131 Å². The molecule has 2 aliphatic heterocycles. The fourth-order valence-electron chi connectivity index (χ4n) is 3.08. The largest absolute Gasteiger partial charge is 0.388 e. The van der Waals surface area contributed by atoms with Gasteiger partial charge in [-0.05, 0) is 13.8 Å². The molecule has 8 atom stereocenters. The molecule has 2 heterocycles. The molecule has 0 aromatic heterocycles. The quantitative estimate of drug-likeness (QED) is 0.798. The summed E-state index contributed by atoms with van der Waals surface area (Å²) in [7, 11) is 4.84. The summed E-state index contributed by atoms with van der Waals surface area (Å²) in [5.41, 5.74) is 0. The molecule has 7 heteroatoms. The van der Waals surface area contributed by atoms with Gasteiger partial charge < -0.3 is 33.5 Å². The van der Waals surface area contributed by atoms with Crippen LogP contribution in [0.2, 0.25) is 0 Å². The van der Waals surface area contributed by atoms with E-state index in [-0.39, 0.29) is 36.8 Å². The Morgan fingerprint density at radius 1 is 0.818 bits per heavy atom. The third kappa shape index (κ3) is 3.97. The second kappa shape index (κ2) is 8.01. The molecule has 0 aromatic rings. The van der Waals surface area contributed by atoms with Crippen LogP contribution in [0.4, 0.5) is 0 Å². The first-order valence-corrected chi connectivity index (χ1v) is 7.73. The molecule has 1 N–H and O–H groups in total. The predicted octanol–water partition coefficient (Wildman–Crippen LogP) is 0.679. The van der Waals surface area contributed by atoms with Crippen LogP contribution in [-0.4, -0.2) is 75.6 Å². The number of aliphatic hydroxyl groups is 1. The second-order valence-corrected chi connectivity index (χ2v) is 5.89. The Bertz CT molecular complexity index is 340. The van der Waals surface area contributed by atoms with E-state index in [1.54, 1.807) is 21.3 Å². The highest BCUT2D eigenvalue weighted by Gasteiger charge is 2.42. The molecule has 0 amide bonds. The summed E-state index contributed by atoms with van der Waals surface area (Å²) in [6.45, 7) is 3.73. The average Bonchev–Trinajstić information content (AvgIpc) is 2.52. The molecule has 2 saturated heterocycles. The lowest BCUT2D eigenvalue weighted by Crippen LogP contribution is -2.54. The number of methoxy groups -OCH3 is 3. The Morgan fingerprint density at radius 3 is 2.00 bits per heavy atom. The van der Waals surface area contributed by atoms with Crippen molar-refractivity contribution in [3.63, 3.8) is 0 Å². The summed E-state index contributed by atoms with van der Waals surface area (Å²) in [5, 5.41) is 10.0. The monoisotopic (exact) mass is 320 g/mol. The highest BCUT2D eigenvalue weighted by Crippen LogP contribution is 2.30. The normalized spacial score (nSPS) is 46.6. The zero-order valence-electron chi connectivity index (χ0n) is 13.9. The number of hydrogen-bond donors (Lipinski definition) is 1. The van der Waals surface area contributed by atoms with Gasteiger partial charge in [0, 0.05) is 34.2 Å². The molecule has 0 bridgehead atoms. The molecule has 0 aromatic carbocycles. The van der Waals surface area contributed by atoms with Gasteiger partial charge in [0.15, 0.2) is 12.6 Å². The topological polar surface area (TPSA) is 75.6 Å². The van der Waals surface area contributed by atoms with Crippen LogP contribution in [0.3, 0.4) is 0 Å². The van der Waals surface area contributed by atoms with Crippen LogP contribution < -0.4 is 0 Å². The first-order chi connectivity index (χ1) is 10.5. The summed E-state index contributed by atoms with van der Waals surface area (Å²) in [6, 6.07) is 0. The van der Waals surface area contributed by atoms with Crippen molar-refractivity contribution >= 4 is 0 Å². The third-order valence-electron chi connectivity index (χ3n) is 4.45. The van der Waals surface area contributed by atoms with Gasteiger partial charge in [0.1, 0.15) is 12.2 Å². The van der Waals surface area contributed by atoms with Crippen molar-refractivity contribution in [2.45, 2.75) is 75.9 Å². The molecule has 1 unspecified atom stereocenters. The van der Waals surface area contributed by atoms with Gasteiger partial charge >= 0.3 is 0 Å². The first-order valence-electron chi connectivity index (χ1n) is 7.73. The van der Waals surface area contributed by atoms with Crippen molar-refractivity contribution in [1.29, 1.82) is 0 Å². The van der Waals surface area contributed by atoms with E-state index < -0.39 is 12.4 Å². The molecule has 0 saturated carbocycles. The fraction of sp³-hybridized carbons (Fsp3) is 1.00. The van der Waals surface area contributed by atoms with Crippen molar-refractivity contribution < 1.29 is 33.5 Å². The molecule has 7 nitrogen and oxygen atoms in total. The van der Waals surface area contributed by atoms with Crippen molar-refractivity contribution in [2.75, 3.05) is 21.3 Å². The molecular formula is C15H28O7. The van der Waals surface area contributed by atoms with Gasteiger partial charge in [-0.15, -0.1) is 0 Å². The minimum absolute atomic E-state index is 0.138. The van der Waals surface area contributed by atoms with E-state index in [1.165, 1.54) is 0 Å². The summed E-state index contributed by atoms with van der Waals surface area (Å²) < 4.78 is 33.7. The van der Waals surface area contributed by atoms with E-state index in [2.05, 4.69) is 0 Å². The van der Waals surface area contributed by atoms with E-state index in [0.717, 1.165) is 0 Å². The average molecular weight is 320 g/mol.